The molecule has 1 aliphatic heterocycles. The summed E-state index contributed by atoms with van der Waals surface area (Å²) >= 11 is 0. The van der Waals surface area contributed by atoms with E-state index in [4.69, 9.17) is 23.5 Å². The molecule has 0 aliphatic carbocycles. The largest absolute Gasteiger partial charge is 0.457 e. The molecule has 1 heterocycles. The van der Waals surface area contributed by atoms with Gasteiger partial charge < -0.3 is 34.3 Å². The number of carbonyl (C=O) groups excluding carboxylic acids is 1. The molecule has 1 rings (SSSR count). The number of hydrogen-bond donors (Lipinski definition) is 4. The van der Waals surface area contributed by atoms with Crippen LogP contribution in [0.2, 0.25) is 0 Å². The van der Waals surface area contributed by atoms with Gasteiger partial charge in [-0.25, -0.2) is 4.18 Å². The molecule has 276 valence electrons. The summed E-state index contributed by atoms with van der Waals surface area (Å²) < 4.78 is 57.8. The van der Waals surface area contributed by atoms with Crippen molar-refractivity contribution >= 4 is 16.4 Å². The molecule has 1 fully saturated rings. The maximum absolute atomic E-state index is 12.1. The van der Waals surface area contributed by atoms with Crippen LogP contribution < -0.4 is 0 Å². The Morgan fingerprint density at radius 1 is 0.809 bits per heavy atom. The van der Waals surface area contributed by atoms with Gasteiger partial charge in [0.15, 0.2) is 6.29 Å². The SMILES string of the molecule is CCCCCC/C=C\C/C=C\CCCCCCCCCCOCC(COC1OC(CO)C(O)C(OS(=O)(=O)O)C1O)OC(=O)CCC. The van der Waals surface area contributed by atoms with E-state index in [1.165, 1.54) is 64.2 Å². The second kappa shape index (κ2) is 27.4. The zero-order valence-electron chi connectivity index (χ0n) is 28.6. The topological polar surface area (TPSA) is 178 Å². The second-order valence-corrected chi connectivity index (χ2v) is 13.2. The van der Waals surface area contributed by atoms with E-state index < -0.39 is 59.8 Å². The van der Waals surface area contributed by atoms with Crippen LogP contribution in [0.25, 0.3) is 0 Å². The molecule has 0 saturated carbocycles. The number of hydrogen-bond acceptors (Lipinski definition) is 11. The third-order valence-corrected chi connectivity index (χ3v) is 8.26. The van der Waals surface area contributed by atoms with Gasteiger partial charge in [0.25, 0.3) is 0 Å². The molecule has 1 saturated heterocycles. The summed E-state index contributed by atoms with van der Waals surface area (Å²) in [6.45, 7) is 3.54. The van der Waals surface area contributed by atoms with Crippen molar-refractivity contribution in [3.8, 4) is 0 Å². The standard InChI is InChI=1S/C34H62O12S/c1-3-5-6-7-8-9-10-11-12-13-14-15-16-17-18-19-20-21-22-24-42-26-28(44-30(36)23-4-2)27-43-34-32(38)33(46-47(39,40)41)31(37)29(25-35)45-34/h9-10,12-13,28-29,31-35,37-38H,3-8,11,14-27H2,1-2H3,(H,39,40,41)/b10-9-,13-12-. The molecule has 0 bridgehead atoms. The number of ether oxygens (including phenoxy) is 4. The molecule has 4 N–H and O–H groups in total. The number of aliphatic hydroxyl groups excluding tert-OH is 3. The van der Waals surface area contributed by atoms with E-state index in [0.29, 0.717) is 13.0 Å². The maximum Gasteiger partial charge on any atom is 0.397 e. The van der Waals surface area contributed by atoms with Crippen LogP contribution in [0, 0.1) is 0 Å². The molecule has 1 aliphatic rings. The average molecular weight is 695 g/mol. The van der Waals surface area contributed by atoms with Crippen molar-refractivity contribution in [1.29, 1.82) is 0 Å². The predicted octanol–water partition coefficient (Wildman–Crippen LogP) is 5.34. The van der Waals surface area contributed by atoms with Crippen LogP contribution in [0.3, 0.4) is 0 Å². The molecule has 0 spiro atoms. The fraction of sp³-hybridized carbons (Fsp3) is 0.853. The van der Waals surface area contributed by atoms with Gasteiger partial charge in [0, 0.05) is 13.0 Å². The van der Waals surface area contributed by atoms with E-state index >= 15 is 0 Å². The Bertz CT molecular complexity index is 941. The summed E-state index contributed by atoms with van der Waals surface area (Å²) in [5, 5.41) is 30.1. The Morgan fingerprint density at radius 2 is 1.40 bits per heavy atom. The van der Waals surface area contributed by atoms with E-state index in [1.807, 2.05) is 6.92 Å². The lowest BCUT2D eigenvalue weighted by Gasteiger charge is -2.41. The molecule has 47 heavy (non-hydrogen) atoms. The van der Waals surface area contributed by atoms with Crippen LogP contribution in [-0.4, -0.2) is 97.5 Å². The molecule has 0 aromatic heterocycles. The smallest absolute Gasteiger partial charge is 0.397 e. The van der Waals surface area contributed by atoms with Gasteiger partial charge >= 0.3 is 16.4 Å². The molecule has 0 aromatic rings. The number of carbonyl (C=O) groups is 1. The van der Waals surface area contributed by atoms with E-state index in [0.717, 1.165) is 32.1 Å². The Kier molecular flexibility index (Phi) is 25.4. The highest BCUT2D eigenvalue weighted by Crippen LogP contribution is 2.26. The lowest BCUT2D eigenvalue weighted by atomic mass is 9.99. The van der Waals surface area contributed by atoms with Crippen molar-refractivity contribution in [2.45, 2.75) is 160 Å². The summed E-state index contributed by atoms with van der Waals surface area (Å²) in [4.78, 5) is 12.1. The van der Waals surface area contributed by atoms with Crippen LogP contribution in [0.5, 0.6) is 0 Å². The van der Waals surface area contributed by atoms with E-state index in [9.17, 15) is 28.5 Å². The first-order valence-electron chi connectivity index (χ1n) is 17.6. The fourth-order valence-electron chi connectivity index (χ4n) is 5.15. The van der Waals surface area contributed by atoms with Crippen molar-refractivity contribution < 1.29 is 56.2 Å². The van der Waals surface area contributed by atoms with Crippen LogP contribution in [0.4, 0.5) is 0 Å². The van der Waals surface area contributed by atoms with Crippen molar-refractivity contribution in [3.63, 3.8) is 0 Å². The highest BCUT2D eigenvalue weighted by molar-refractivity contribution is 7.80. The van der Waals surface area contributed by atoms with E-state index in [1.54, 1.807) is 0 Å². The first-order chi connectivity index (χ1) is 22.6. The number of aliphatic hydroxyl groups is 3. The van der Waals surface area contributed by atoms with Gasteiger partial charge in [0.1, 0.15) is 30.5 Å². The Labute approximate surface area is 282 Å². The van der Waals surface area contributed by atoms with Gasteiger partial charge in [-0.3, -0.25) is 9.35 Å². The first kappa shape index (κ1) is 43.6. The molecule has 0 radical (unpaired) electrons. The van der Waals surface area contributed by atoms with Crippen LogP contribution in [-0.2, 0) is 38.3 Å². The molecule has 6 unspecified atom stereocenters. The third kappa shape index (κ3) is 22.0. The molecule has 6 atom stereocenters. The summed E-state index contributed by atoms with van der Waals surface area (Å²) in [5.74, 6) is -0.456. The van der Waals surface area contributed by atoms with Gasteiger partial charge in [-0.2, -0.15) is 8.42 Å². The molecular weight excluding hydrogens is 632 g/mol. The zero-order valence-corrected chi connectivity index (χ0v) is 29.4. The first-order valence-corrected chi connectivity index (χ1v) is 19.0. The van der Waals surface area contributed by atoms with Gasteiger partial charge in [0.2, 0.25) is 0 Å². The van der Waals surface area contributed by atoms with Crippen LogP contribution >= 0.6 is 0 Å². The average Bonchev–Trinajstić information content (AvgIpc) is 3.02. The molecule has 13 heteroatoms. The lowest BCUT2D eigenvalue weighted by molar-refractivity contribution is -0.301. The van der Waals surface area contributed by atoms with Crippen molar-refractivity contribution in [1.82, 2.24) is 0 Å². The Hall–Kier alpha value is -1.42. The minimum atomic E-state index is -5.04. The molecule has 12 nitrogen and oxygen atoms in total. The summed E-state index contributed by atoms with van der Waals surface area (Å²) in [6.07, 6.45) is 18.4. The number of esters is 1. The van der Waals surface area contributed by atoms with E-state index in [2.05, 4.69) is 35.4 Å². The van der Waals surface area contributed by atoms with E-state index in [-0.39, 0.29) is 19.6 Å². The van der Waals surface area contributed by atoms with Crippen LogP contribution in [0.1, 0.15) is 123 Å². The van der Waals surface area contributed by atoms with Crippen molar-refractivity contribution in [2.75, 3.05) is 26.4 Å². The number of allylic oxidation sites excluding steroid dienone is 4. The number of unbranched alkanes of at least 4 members (excludes halogenated alkanes) is 12. The highest BCUT2D eigenvalue weighted by atomic mass is 32.3. The molecular formula is C34H62O12S. The zero-order chi connectivity index (χ0) is 34.8. The third-order valence-electron chi connectivity index (χ3n) is 7.80. The summed E-state index contributed by atoms with van der Waals surface area (Å²) in [6, 6.07) is 0. The lowest BCUT2D eigenvalue weighted by Crippen LogP contribution is -2.60. The quantitative estimate of drug-likeness (QED) is 0.0342. The molecule has 0 aromatic carbocycles. The van der Waals surface area contributed by atoms with Crippen LogP contribution in [0.15, 0.2) is 24.3 Å². The summed E-state index contributed by atoms with van der Waals surface area (Å²) in [7, 11) is -5.04. The van der Waals surface area contributed by atoms with Crippen molar-refractivity contribution in [3.05, 3.63) is 24.3 Å². The second-order valence-electron chi connectivity index (χ2n) is 12.1. The normalized spacial score (nSPS) is 22.7. The minimum absolute atomic E-state index is 0.0268. The van der Waals surface area contributed by atoms with Gasteiger partial charge in [-0.05, 0) is 44.9 Å². The Morgan fingerprint density at radius 3 is 1.98 bits per heavy atom. The van der Waals surface area contributed by atoms with Gasteiger partial charge in [-0.1, -0.05) is 95.9 Å². The van der Waals surface area contributed by atoms with Gasteiger partial charge in [-0.15, -0.1) is 0 Å². The molecule has 0 amide bonds. The minimum Gasteiger partial charge on any atom is -0.457 e. The predicted molar refractivity (Wildman–Crippen MR) is 179 cm³/mol. The maximum atomic E-state index is 12.1. The fourth-order valence-corrected chi connectivity index (χ4v) is 5.66. The Balaban J connectivity index is 2.25. The monoisotopic (exact) mass is 694 g/mol. The highest BCUT2D eigenvalue weighted by Gasteiger charge is 2.48. The number of rotatable bonds is 29. The van der Waals surface area contributed by atoms with Gasteiger partial charge in [0.05, 0.1) is 19.8 Å². The summed E-state index contributed by atoms with van der Waals surface area (Å²) in [5.41, 5.74) is 0. The van der Waals surface area contributed by atoms with Crippen molar-refractivity contribution in [2.24, 2.45) is 0 Å².